The summed E-state index contributed by atoms with van der Waals surface area (Å²) < 4.78 is 5.35. The maximum atomic E-state index is 12.0. The second kappa shape index (κ2) is 6.75. The quantitative estimate of drug-likeness (QED) is 0.828. The molecular weight excluding hydrogens is 252 g/mol. The van der Waals surface area contributed by atoms with Gasteiger partial charge < -0.3 is 15.4 Å². The maximum Gasteiger partial charge on any atom is 0.223 e. The number of amides is 1. The predicted molar refractivity (Wildman–Crippen MR) is 80.0 cm³/mol. The smallest absolute Gasteiger partial charge is 0.223 e. The average Bonchev–Trinajstić information content (AvgIpc) is 2.36. The number of hydrogen-bond acceptors (Lipinski definition) is 3. The van der Waals surface area contributed by atoms with E-state index >= 15 is 0 Å². The van der Waals surface area contributed by atoms with Gasteiger partial charge in [0.15, 0.2) is 0 Å². The number of nitrogens with one attached hydrogen (secondary N) is 2. The molecule has 1 fully saturated rings. The average molecular weight is 276 g/mol. The number of aryl methyl sites for hydroxylation is 1. The van der Waals surface area contributed by atoms with Crippen molar-refractivity contribution in [1.82, 2.24) is 10.6 Å². The van der Waals surface area contributed by atoms with Crippen LogP contribution in [-0.4, -0.2) is 32.7 Å². The molecular formula is C16H24N2O2. The molecule has 1 heterocycles. The summed E-state index contributed by atoms with van der Waals surface area (Å²) in [6.07, 6.45) is 0.798. The second-order valence-electron chi connectivity index (χ2n) is 5.56. The lowest BCUT2D eigenvalue weighted by Crippen LogP contribution is -2.49. The third-order valence-electron chi connectivity index (χ3n) is 4.06. The van der Waals surface area contributed by atoms with Gasteiger partial charge in [-0.25, -0.2) is 0 Å². The van der Waals surface area contributed by atoms with Gasteiger partial charge >= 0.3 is 0 Å². The number of carbonyl (C=O) groups excluding carboxylic acids is 1. The first-order valence-corrected chi connectivity index (χ1v) is 7.23. The molecule has 0 aliphatic carbocycles. The standard InChI is InChI=1S/C16H24N2O2/c1-11-4-5-15(20-3)13(8-11)6-7-18-16(19)12(2)14-9-17-10-14/h4-5,8,12,14,17H,6-7,9-10H2,1-3H3,(H,18,19). The number of carbonyl (C=O) groups is 1. The van der Waals surface area contributed by atoms with Crippen molar-refractivity contribution in [3.8, 4) is 5.75 Å². The van der Waals surface area contributed by atoms with Gasteiger partial charge in [-0.3, -0.25) is 4.79 Å². The minimum atomic E-state index is 0.0932. The SMILES string of the molecule is COc1ccc(C)cc1CCNC(=O)C(C)C1CNC1. The van der Waals surface area contributed by atoms with E-state index in [2.05, 4.69) is 23.6 Å². The van der Waals surface area contributed by atoms with E-state index in [0.717, 1.165) is 30.8 Å². The molecule has 20 heavy (non-hydrogen) atoms. The molecule has 2 rings (SSSR count). The van der Waals surface area contributed by atoms with E-state index in [4.69, 9.17) is 4.74 Å². The Morgan fingerprint density at radius 2 is 2.25 bits per heavy atom. The van der Waals surface area contributed by atoms with Crippen LogP contribution in [0.3, 0.4) is 0 Å². The van der Waals surface area contributed by atoms with E-state index < -0.39 is 0 Å². The van der Waals surface area contributed by atoms with Crippen LogP contribution in [0.2, 0.25) is 0 Å². The Balaban J connectivity index is 1.83. The Labute approximate surface area is 120 Å². The summed E-state index contributed by atoms with van der Waals surface area (Å²) in [7, 11) is 1.68. The summed E-state index contributed by atoms with van der Waals surface area (Å²) in [5.41, 5.74) is 2.35. The normalized spacial score (nSPS) is 16.4. The minimum absolute atomic E-state index is 0.0932. The van der Waals surface area contributed by atoms with Crippen LogP contribution in [-0.2, 0) is 11.2 Å². The molecule has 1 aliphatic rings. The number of benzene rings is 1. The molecule has 1 atom stereocenters. The summed E-state index contributed by atoms with van der Waals surface area (Å²) >= 11 is 0. The molecule has 4 heteroatoms. The Bertz CT molecular complexity index is 470. The first-order chi connectivity index (χ1) is 9.61. The molecule has 0 bridgehead atoms. The topological polar surface area (TPSA) is 50.4 Å². The molecule has 0 spiro atoms. The van der Waals surface area contributed by atoms with Crippen molar-refractivity contribution in [3.05, 3.63) is 29.3 Å². The van der Waals surface area contributed by atoms with Crippen LogP contribution in [0.15, 0.2) is 18.2 Å². The van der Waals surface area contributed by atoms with E-state index in [9.17, 15) is 4.79 Å². The number of rotatable bonds is 6. The lowest BCUT2D eigenvalue weighted by Gasteiger charge is -2.31. The van der Waals surface area contributed by atoms with Crippen LogP contribution < -0.4 is 15.4 Å². The van der Waals surface area contributed by atoms with Crippen LogP contribution in [0.25, 0.3) is 0 Å². The Morgan fingerprint density at radius 1 is 1.50 bits per heavy atom. The van der Waals surface area contributed by atoms with Crippen LogP contribution in [0.1, 0.15) is 18.1 Å². The molecule has 1 unspecified atom stereocenters. The van der Waals surface area contributed by atoms with Crippen LogP contribution in [0.4, 0.5) is 0 Å². The fourth-order valence-electron chi connectivity index (χ4n) is 2.46. The van der Waals surface area contributed by atoms with Crippen molar-refractivity contribution >= 4 is 5.91 Å². The monoisotopic (exact) mass is 276 g/mol. The lowest BCUT2D eigenvalue weighted by atomic mass is 9.88. The summed E-state index contributed by atoms with van der Waals surface area (Å²) in [6.45, 7) is 6.64. The van der Waals surface area contributed by atoms with Crippen LogP contribution in [0, 0.1) is 18.8 Å². The Kier molecular flexibility index (Phi) is 5.01. The number of ether oxygens (including phenoxy) is 1. The first kappa shape index (κ1) is 14.9. The van der Waals surface area contributed by atoms with Crippen molar-refractivity contribution in [3.63, 3.8) is 0 Å². The minimum Gasteiger partial charge on any atom is -0.496 e. The first-order valence-electron chi connectivity index (χ1n) is 7.23. The molecule has 1 amide bonds. The molecule has 0 aromatic heterocycles. The highest BCUT2D eigenvalue weighted by Crippen LogP contribution is 2.20. The molecule has 0 radical (unpaired) electrons. The largest absolute Gasteiger partial charge is 0.496 e. The summed E-state index contributed by atoms with van der Waals surface area (Å²) in [5.74, 6) is 1.63. The molecule has 1 aromatic carbocycles. The molecule has 1 aliphatic heterocycles. The highest BCUT2D eigenvalue weighted by molar-refractivity contribution is 5.78. The van der Waals surface area contributed by atoms with Crippen molar-refractivity contribution in [1.29, 1.82) is 0 Å². The Hall–Kier alpha value is -1.55. The molecule has 1 saturated heterocycles. The highest BCUT2D eigenvalue weighted by atomic mass is 16.5. The summed E-state index contributed by atoms with van der Waals surface area (Å²) in [6, 6.07) is 6.13. The van der Waals surface area contributed by atoms with Gasteiger partial charge in [-0.1, -0.05) is 24.6 Å². The third kappa shape index (κ3) is 3.51. The summed E-state index contributed by atoms with van der Waals surface area (Å²) in [4.78, 5) is 12.0. The van der Waals surface area contributed by atoms with Gasteiger partial charge in [0.2, 0.25) is 5.91 Å². The van der Waals surface area contributed by atoms with E-state index in [0.29, 0.717) is 12.5 Å². The van der Waals surface area contributed by atoms with Gasteiger partial charge in [0.25, 0.3) is 0 Å². The molecule has 4 nitrogen and oxygen atoms in total. The lowest BCUT2D eigenvalue weighted by molar-refractivity contribution is -0.126. The van der Waals surface area contributed by atoms with Crippen molar-refractivity contribution in [2.45, 2.75) is 20.3 Å². The van der Waals surface area contributed by atoms with Gasteiger partial charge in [0, 0.05) is 12.5 Å². The van der Waals surface area contributed by atoms with Gasteiger partial charge in [-0.05, 0) is 44.0 Å². The maximum absolute atomic E-state index is 12.0. The zero-order chi connectivity index (χ0) is 14.5. The van der Waals surface area contributed by atoms with Gasteiger partial charge in [0.05, 0.1) is 7.11 Å². The fourth-order valence-corrected chi connectivity index (χ4v) is 2.46. The predicted octanol–water partition coefficient (Wildman–Crippen LogP) is 1.52. The molecule has 0 saturated carbocycles. The van der Waals surface area contributed by atoms with Crippen LogP contribution in [0.5, 0.6) is 5.75 Å². The fraction of sp³-hybridized carbons (Fsp3) is 0.562. The van der Waals surface area contributed by atoms with Crippen molar-refractivity contribution < 1.29 is 9.53 Å². The van der Waals surface area contributed by atoms with Gasteiger partial charge in [-0.2, -0.15) is 0 Å². The Morgan fingerprint density at radius 3 is 2.85 bits per heavy atom. The van der Waals surface area contributed by atoms with E-state index in [1.54, 1.807) is 7.11 Å². The van der Waals surface area contributed by atoms with E-state index in [-0.39, 0.29) is 11.8 Å². The third-order valence-corrected chi connectivity index (χ3v) is 4.06. The molecule has 1 aromatic rings. The highest BCUT2D eigenvalue weighted by Gasteiger charge is 2.28. The van der Waals surface area contributed by atoms with E-state index in [1.807, 2.05) is 19.1 Å². The summed E-state index contributed by atoms with van der Waals surface area (Å²) in [5, 5.41) is 6.23. The van der Waals surface area contributed by atoms with Crippen molar-refractivity contribution in [2.24, 2.45) is 11.8 Å². The molecule has 2 N–H and O–H groups in total. The van der Waals surface area contributed by atoms with E-state index in [1.165, 1.54) is 5.56 Å². The van der Waals surface area contributed by atoms with Crippen LogP contribution >= 0.6 is 0 Å². The number of methoxy groups -OCH3 is 1. The second-order valence-corrected chi connectivity index (χ2v) is 5.56. The number of hydrogen-bond donors (Lipinski definition) is 2. The van der Waals surface area contributed by atoms with Gasteiger partial charge in [0.1, 0.15) is 5.75 Å². The zero-order valence-electron chi connectivity index (χ0n) is 12.5. The van der Waals surface area contributed by atoms with Crippen molar-refractivity contribution in [2.75, 3.05) is 26.7 Å². The van der Waals surface area contributed by atoms with Gasteiger partial charge in [-0.15, -0.1) is 0 Å². The zero-order valence-corrected chi connectivity index (χ0v) is 12.5. The molecule has 110 valence electrons.